The molecule has 1 nitrogen and oxygen atoms in total. The Kier molecular flexibility index (Phi) is 8.06. The number of allylic oxidation sites excluding steroid dienone is 1. The fourth-order valence-corrected chi connectivity index (χ4v) is 1.67. The molecule has 0 radical (unpaired) electrons. The quantitative estimate of drug-likeness (QED) is 0.732. The van der Waals surface area contributed by atoms with Gasteiger partial charge < -0.3 is 5.32 Å². The Hall–Kier alpha value is -0.790. The van der Waals surface area contributed by atoms with Gasteiger partial charge in [0.15, 0.2) is 0 Å². The standard InChI is InChI=1S/C13H19N.ClH/c1-3-7-12(10-11-14-2)13-8-5-4-6-9-13;/h3-6,8-9,12,14H,1,7,10-11H2,2H3;1H. The summed E-state index contributed by atoms with van der Waals surface area (Å²) in [6.07, 6.45) is 4.24. The van der Waals surface area contributed by atoms with Crippen LogP contribution in [0, 0.1) is 0 Å². The Morgan fingerprint density at radius 2 is 2.00 bits per heavy atom. The number of nitrogens with one attached hydrogen (secondary N) is 1. The predicted molar refractivity (Wildman–Crippen MR) is 69.8 cm³/mol. The normalized spacial score (nSPS) is 11.5. The first-order chi connectivity index (χ1) is 6.88. The van der Waals surface area contributed by atoms with E-state index in [1.165, 1.54) is 12.0 Å². The van der Waals surface area contributed by atoms with Crippen molar-refractivity contribution in [2.24, 2.45) is 0 Å². The zero-order valence-corrected chi connectivity index (χ0v) is 10.1. The number of hydrogen-bond donors (Lipinski definition) is 1. The van der Waals surface area contributed by atoms with Gasteiger partial charge in [0.2, 0.25) is 0 Å². The van der Waals surface area contributed by atoms with Crippen molar-refractivity contribution in [2.75, 3.05) is 13.6 Å². The zero-order valence-electron chi connectivity index (χ0n) is 9.28. The van der Waals surface area contributed by atoms with Gasteiger partial charge in [-0.2, -0.15) is 0 Å². The Bertz CT molecular complexity index is 258. The van der Waals surface area contributed by atoms with Gasteiger partial charge in [-0.15, -0.1) is 19.0 Å². The van der Waals surface area contributed by atoms with E-state index in [2.05, 4.69) is 42.2 Å². The summed E-state index contributed by atoms with van der Waals surface area (Å²) in [5.41, 5.74) is 1.42. The molecule has 1 atom stereocenters. The van der Waals surface area contributed by atoms with E-state index in [4.69, 9.17) is 0 Å². The van der Waals surface area contributed by atoms with Crippen molar-refractivity contribution in [2.45, 2.75) is 18.8 Å². The van der Waals surface area contributed by atoms with E-state index in [0.717, 1.165) is 13.0 Å². The lowest BCUT2D eigenvalue weighted by atomic mass is 9.92. The second-order valence-electron chi connectivity index (χ2n) is 3.52. The van der Waals surface area contributed by atoms with Crippen LogP contribution in [0.1, 0.15) is 24.3 Å². The highest BCUT2D eigenvalue weighted by Crippen LogP contribution is 2.22. The van der Waals surface area contributed by atoms with Crippen LogP contribution in [0.25, 0.3) is 0 Å². The van der Waals surface area contributed by atoms with Gasteiger partial charge in [0, 0.05) is 0 Å². The molecule has 0 aliphatic heterocycles. The minimum atomic E-state index is 0. The molecule has 2 heteroatoms. The molecule has 0 saturated heterocycles. The van der Waals surface area contributed by atoms with Crippen molar-refractivity contribution in [3.63, 3.8) is 0 Å². The molecule has 0 amide bonds. The summed E-state index contributed by atoms with van der Waals surface area (Å²) in [4.78, 5) is 0. The third-order valence-electron chi connectivity index (χ3n) is 2.46. The Morgan fingerprint density at radius 1 is 1.33 bits per heavy atom. The third kappa shape index (κ3) is 5.01. The Balaban J connectivity index is 0.00000196. The highest BCUT2D eigenvalue weighted by molar-refractivity contribution is 5.85. The number of halogens is 1. The molecule has 0 fully saturated rings. The van der Waals surface area contributed by atoms with Crippen LogP contribution in [0.2, 0.25) is 0 Å². The molecule has 1 rings (SSSR count). The molecule has 0 aliphatic rings. The molecule has 0 heterocycles. The lowest BCUT2D eigenvalue weighted by Gasteiger charge is -2.14. The molecule has 1 aromatic carbocycles. The van der Waals surface area contributed by atoms with Crippen LogP contribution in [0.5, 0.6) is 0 Å². The topological polar surface area (TPSA) is 12.0 Å². The SMILES string of the molecule is C=CCC(CCNC)c1ccccc1.Cl. The molecule has 1 aromatic rings. The molecule has 15 heavy (non-hydrogen) atoms. The first-order valence-electron chi connectivity index (χ1n) is 5.19. The fraction of sp³-hybridized carbons (Fsp3) is 0.385. The summed E-state index contributed by atoms with van der Waals surface area (Å²) >= 11 is 0. The monoisotopic (exact) mass is 225 g/mol. The van der Waals surface area contributed by atoms with Gasteiger partial charge >= 0.3 is 0 Å². The van der Waals surface area contributed by atoms with E-state index in [9.17, 15) is 0 Å². The van der Waals surface area contributed by atoms with Gasteiger partial charge in [-0.3, -0.25) is 0 Å². The predicted octanol–water partition coefficient (Wildman–Crippen LogP) is 3.38. The molecule has 0 saturated carbocycles. The summed E-state index contributed by atoms with van der Waals surface area (Å²) in [6, 6.07) is 10.7. The molecule has 0 bridgehead atoms. The smallest absolute Gasteiger partial charge is 0.00460 e. The van der Waals surface area contributed by atoms with E-state index >= 15 is 0 Å². The summed E-state index contributed by atoms with van der Waals surface area (Å²) in [7, 11) is 2.00. The van der Waals surface area contributed by atoms with Gasteiger partial charge in [0.1, 0.15) is 0 Å². The van der Waals surface area contributed by atoms with Crippen LogP contribution in [-0.2, 0) is 0 Å². The number of hydrogen-bond acceptors (Lipinski definition) is 1. The maximum Gasteiger partial charge on any atom is -0.00460 e. The summed E-state index contributed by atoms with van der Waals surface area (Å²) in [6.45, 7) is 4.88. The number of rotatable bonds is 6. The highest BCUT2D eigenvalue weighted by atomic mass is 35.5. The van der Waals surface area contributed by atoms with Crippen molar-refractivity contribution in [3.8, 4) is 0 Å². The Morgan fingerprint density at radius 3 is 2.53 bits per heavy atom. The zero-order chi connectivity index (χ0) is 10.2. The van der Waals surface area contributed by atoms with Gasteiger partial charge in [-0.25, -0.2) is 0 Å². The van der Waals surface area contributed by atoms with E-state index < -0.39 is 0 Å². The van der Waals surface area contributed by atoms with Gasteiger partial charge in [-0.1, -0.05) is 36.4 Å². The molecule has 0 aliphatic carbocycles. The lowest BCUT2D eigenvalue weighted by Crippen LogP contribution is -2.11. The van der Waals surface area contributed by atoms with Crippen LogP contribution in [0.15, 0.2) is 43.0 Å². The Labute approximate surface area is 99.0 Å². The van der Waals surface area contributed by atoms with Crippen molar-refractivity contribution in [3.05, 3.63) is 48.6 Å². The van der Waals surface area contributed by atoms with Crippen LogP contribution in [-0.4, -0.2) is 13.6 Å². The lowest BCUT2D eigenvalue weighted by molar-refractivity contribution is 0.602. The summed E-state index contributed by atoms with van der Waals surface area (Å²) in [5.74, 6) is 0.612. The first-order valence-corrected chi connectivity index (χ1v) is 5.19. The van der Waals surface area contributed by atoms with Crippen LogP contribution in [0.4, 0.5) is 0 Å². The van der Waals surface area contributed by atoms with Gasteiger partial charge in [0.25, 0.3) is 0 Å². The summed E-state index contributed by atoms with van der Waals surface area (Å²) in [5, 5.41) is 3.19. The van der Waals surface area contributed by atoms with E-state index in [1.54, 1.807) is 0 Å². The van der Waals surface area contributed by atoms with Crippen molar-refractivity contribution in [1.29, 1.82) is 0 Å². The largest absolute Gasteiger partial charge is 0.320 e. The third-order valence-corrected chi connectivity index (χ3v) is 2.46. The van der Waals surface area contributed by atoms with Gasteiger partial charge in [0.05, 0.1) is 0 Å². The van der Waals surface area contributed by atoms with E-state index in [-0.39, 0.29) is 12.4 Å². The summed E-state index contributed by atoms with van der Waals surface area (Å²) < 4.78 is 0. The average molecular weight is 226 g/mol. The maximum absolute atomic E-state index is 3.81. The second kappa shape index (κ2) is 8.51. The van der Waals surface area contributed by atoms with Gasteiger partial charge in [-0.05, 0) is 37.9 Å². The van der Waals surface area contributed by atoms with E-state index in [1.807, 2.05) is 13.1 Å². The first kappa shape index (κ1) is 14.2. The molecule has 0 spiro atoms. The van der Waals surface area contributed by atoms with Crippen molar-refractivity contribution in [1.82, 2.24) is 5.32 Å². The van der Waals surface area contributed by atoms with Crippen LogP contribution in [0.3, 0.4) is 0 Å². The molecule has 84 valence electrons. The number of benzene rings is 1. The van der Waals surface area contributed by atoms with Crippen LogP contribution >= 0.6 is 12.4 Å². The minimum absolute atomic E-state index is 0. The molecule has 0 aromatic heterocycles. The molecule has 1 N–H and O–H groups in total. The van der Waals surface area contributed by atoms with Crippen molar-refractivity contribution < 1.29 is 0 Å². The van der Waals surface area contributed by atoms with Crippen molar-refractivity contribution >= 4 is 12.4 Å². The second-order valence-corrected chi connectivity index (χ2v) is 3.52. The maximum atomic E-state index is 3.81. The molecular weight excluding hydrogens is 206 g/mol. The molecular formula is C13H20ClN. The van der Waals surface area contributed by atoms with Crippen LogP contribution < -0.4 is 5.32 Å². The average Bonchev–Trinajstić information content (AvgIpc) is 2.25. The highest BCUT2D eigenvalue weighted by Gasteiger charge is 2.07. The molecule has 1 unspecified atom stereocenters. The van der Waals surface area contributed by atoms with E-state index in [0.29, 0.717) is 5.92 Å². The fourth-order valence-electron chi connectivity index (χ4n) is 1.67. The minimum Gasteiger partial charge on any atom is -0.320 e.